The van der Waals surface area contributed by atoms with Crippen molar-refractivity contribution >= 4 is 15.7 Å². The number of sulfone groups is 1. The zero-order valence-corrected chi connectivity index (χ0v) is 11.4. The van der Waals surface area contributed by atoms with Gasteiger partial charge < -0.3 is 11.1 Å². The monoisotopic (exact) mass is 250 g/mol. The molecule has 0 radical (unpaired) electrons. The van der Waals surface area contributed by atoms with E-state index in [-0.39, 0.29) is 17.1 Å². The molecule has 0 aliphatic rings. The molecule has 96 valence electrons. The third-order valence-electron chi connectivity index (χ3n) is 2.16. The van der Waals surface area contributed by atoms with Crippen LogP contribution in [-0.4, -0.2) is 38.4 Å². The van der Waals surface area contributed by atoms with Crippen molar-refractivity contribution in [1.82, 2.24) is 5.32 Å². The molecule has 2 unspecified atom stereocenters. The van der Waals surface area contributed by atoms with Gasteiger partial charge in [-0.2, -0.15) is 0 Å². The lowest BCUT2D eigenvalue weighted by atomic mass is 9.87. The van der Waals surface area contributed by atoms with E-state index in [9.17, 15) is 13.2 Å². The fourth-order valence-corrected chi connectivity index (χ4v) is 2.21. The highest BCUT2D eigenvalue weighted by atomic mass is 32.2. The Labute approximate surface area is 97.7 Å². The van der Waals surface area contributed by atoms with Crippen LogP contribution in [0.2, 0.25) is 0 Å². The number of rotatable bonds is 4. The molecule has 0 aromatic carbocycles. The Bertz CT molecular complexity index is 344. The van der Waals surface area contributed by atoms with E-state index in [1.54, 1.807) is 6.92 Å². The van der Waals surface area contributed by atoms with Crippen molar-refractivity contribution in [1.29, 1.82) is 0 Å². The summed E-state index contributed by atoms with van der Waals surface area (Å²) in [5.74, 6) is -0.390. The Morgan fingerprint density at radius 1 is 1.38 bits per heavy atom. The number of hydrogen-bond acceptors (Lipinski definition) is 4. The number of nitrogens with two attached hydrogens (primary N) is 1. The lowest BCUT2D eigenvalue weighted by Crippen LogP contribution is -2.51. The maximum atomic E-state index is 11.7. The molecular weight excluding hydrogens is 228 g/mol. The zero-order valence-electron chi connectivity index (χ0n) is 10.6. The Balaban J connectivity index is 4.37. The van der Waals surface area contributed by atoms with Crippen LogP contribution >= 0.6 is 0 Å². The Kier molecular flexibility index (Phi) is 4.94. The van der Waals surface area contributed by atoms with Crippen molar-refractivity contribution in [3.63, 3.8) is 0 Å². The van der Waals surface area contributed by atoms with E-state index in [0.29, 0.717) is 0 Å². The standard InChI is InChI=1S/C10H22N2O3S/c1-7(6-16(5,14)15)12-9(13)8(11)10(2,3)4/h7-8H,6,11H2,1-5H3,(H,12,13). The molecule has 0 aromatic rings. The number of carbonyl (C=O) groups excluding carboxylic acids is 1. The number of carbonyl (C=O) groups is 1. The first-order chi connectivity index (χ1) is 6.93. The summed E-state index contributed by atoms with van der Waals surface area (Å²) in [5.41, 5.74) is 5.41. The highest BCUT2D eigenvalue weighted by molar-refractivity contribution is 7.90. The summed E-state index contributed by atoms with van der Waals surface area (Å²) in [6.07, 6.45) is 1.14. The fraction of sp³-hybridized carbons (Fsp3) is 0.900. The average Bonchev–Trinajstić information content (AvgIpc) is 1.96. The molecule has 16 heavy (non-hydrogen) atoms. The van der Waals surface area contributed by atoms with Crippen LogP contribution in [0.1, 0.15) is 27.7 Å². The van der Waals surface area contributed by atoms with Gasteiger partial charge in [-0.15, -0.1) is 0 Å². The molecule has 6 heteroatoms. The lowest BCUT2D eigenvalue weighted by Gasteiger charge is -2.27. The predicted molar refractivity (Wildman–Crippen MR) is 64.7 cm³/mol. The summed E-state index contributed by atoms with van der Waals surface area (Å²) in [5, 5.41) is 2.60. The third-order valence-corrected chi connectivity index (χ3v) is 3.26. The molecule has 0 aliphatic carbocycles. The van der Waals surface area contributed by atoms with Crippen molar-refractivity contribution in [3.05, 3.63) is 0 Å². The fourth-order valence-electron chi connectivity index (χ4n) is 1.22. The van der Waals surface area contributed by atoms with Crippen molar-refractivity contribution in [3.8, 4) is 0 Å². The number of hydrogen-bond donors (Lipinski definition) is 2. The molecule has 0 fully saturated rings. The minimum Gasteiger partial charge on any atom is -0.351 e. The van der Waals surface area contributed by atoms with Crippen LogP contribution in [-0.2, 0) is 14.6 Å². The number of amides is 1. The van der Waals surface area contributed by atoms with Crippen LogP contribution in [0.5, 0.6) is 0 Å². The molecular formula is C10H22N2O3S. The van der Waals surface area contributed by atoms with E-state index in [1.807, 2.05) is 20.8 Å². The summed E-state index contributed by atoms with van der Waals surface area (Å²) in [7, 11) is -3.09. The molecule has 0 bridgehead atoms. The Morgan fingerprint density at radius 2 is 1.81 bits per heavy atom. The van der Waals surface area contributed by atoms with Crippen LogP contribution < -0.4 is 11.1 Å². The SMILES string of the molecule is CC(CS(C)(=O)=O)NC(=O)C(N)C(C)(C)C. The average molecular weight is 250 g/mol. The Morgan fingerprint density at radius 3 is 2.12 bits per heavy atom. The van der Waals surface area contributed by atoms with Crippen LogP contribution in [0.3, 0.4) is 0 Å². The van der Waals surface area contributed by atoms with Gasteiger partial charge in [-0.25, -0.2) is 8.42 Å². The van der Waals surface area contributed by atoms with Gasteiger partial charge in [-0.05, 0) is 12.3 Å². The summed E-state index contributed by atoms with van der Waals surface area (Å²) in [4.78, 5) is 11.7. The van der Waals surface area contributed by atoms with E-state index in [4.69, 9.17) is 5.73 Å². The predicted octanol–water partition coefficient (Wildman–Crippen LogP) is -0.0909. The van der Waals surface area contributed by atoms with Crippen LogP contribution in [0.25, 0.3) is 0 Å². The normalized spacial score (nSPS) is 16.6. The molecule has 0 rings (SSSR count). The minimum absolute atomic E-state index is 0.0738. The van der Waals surface area contributed by atoms with E-state index >= 15 is 0 Å². The molecule has 1 amide bonds. The molecule has 2 atom stereocenters. The summed E-state index contributed by atoms with van der Waals surface area (Å²) >= 11 is 0. The molecule has 0 saturated carbocycles. The van der Waals surface area contributed by atoms with Crippen molar-refractivity contribution in [2.45, 2.75) is 39.8 Å². The Hall–Kier alpha value is -0.620. The van der Waals surface area contributed by atoms with Gasteiger partial charge in [0.25, 0.3) is 0 Å². The van der Waals surface area contributed by atoms with Crippen molar-refractivity contribution < 1.29 is 13.2 Å². The van der Waals surface area contributed by atoms with Gasteiger partial charge in [-0.1, -0.05) is 20.8 Å². The quantitative estimate of drug-likeness (QED) is 0.729. The van der Waals surface area contributed by atoms with Gasteiger partial charge in [0.1, 0.15) is 9.84 Å². The van der Waals surface area contributed by atoms with E-state index in [0.717, 1.165) is 6.26 Å². The lowest BCUT2D eigenvalue weighted by molar-refractivity contribution is -0.124. The first kappa shape index (κ1) is 15.4. The second kappa shape index (κ2) is 5.14. The molecule has 0 aliphatic heterocycles. The number of nitrogens with one attached hydrogen (secondary N) is 1. The van der Waals surface area contributed by atoms with Crippen LogP contribution in [0, 0.1) is 5.41 Å². The van der Waals surface area contributed by atoms with Gasteiger partial charge >= 0.3 is 0 Å². The maximum absolute atomic E-state index is 11.7. The molecule has 0 saturated heterocycles. The summed E-state index contributed by atoms with van der Waals surface area (Å²) in [6, 6.07) is -1.06. The molecule has 0 aromatic heterocycles. The second-order valence-electron chi connectivity index (χ2n) is 5.35. The molecule has 5 nitrogen and oxygen atoms in total. The zero-order chi connectivity index (χ0) is 13.1. The van der Waals surface area contributed by atoms with Crippen molar-refractivity contribution in [2.75, 3.05) is 12.0 Å². The van der Waals surface area contributed by atoms with E-state index < -0.39 is 21.9 Å². The first-order valence-corrected chi connectivity index (χ1v) is 7.23. The first-order valence-electron chi connectivity index (χ1n) is 5.17. The van der Waals surface area contributed by atoms with E-state index in [2.05, 4.69) is 5.32 Å². The van der Waals surface area contributed by atoms with Gasteiger partial charge in [-0.3, -0.25) is 4.79 Å². The molecule has 0 spiro atoms. The molecule has 0 heterocycles. The van der Waals surface area contributed by atoms with Gasteiger partial charge in [0.15, 0.2) is 0 Å². The summed E-state index contributed by atoms with van der Waals surface area (Å²) in [6.45, 7) is 7.23. The topological polar surface area (TPSA) is 89.3 Å². The van der Waals surface area contributed by atoms with E-state index in [1.165, 1.54) is 0 Å². The third kappa shape index (κ3) is 6.07. The van der Waals surface area contributed by atoms with Crippen molar-refractivity contribution in [2.24, 2.45) is 11.1 Å². The van der Waals surface area contributed by atoms with Gasteiger partial charge in [0.2, 0.25) is 5.91 Å². The smallest absolute Gasteiger partial charge is 0.237 e. The second-order valence-corrected chi connectivity index (χ2v) is 7.53. The highest BCUT2D eigenvalue weighted by Crippen LogP contribution is 2.17. The van der Waals surface area contributed by atoms with Crippen LogP contribution in [0.15, 0.2) is 0 Å². The van der Waals surface area contributed by atoms with Gasteiger partial charge in [0.05, 0.1) is 11.8 Å². The largest absolute Gasteiger partial charge is 0.351 e. The maximum Gasteiger partial charge on any atom is 0.237 e. The minimum atomic E-state index is -3.09. The highest BCUT2D eigenvalue weighted by Gasteiger charge is 2.28. The summed E-state index contributed by atoms with van der Waals surface area (Å²) < 4.78 is 22.0. The van der Waals surface area contributed by atoms with Crippen LogP contribution in [0.4, 0.5) is 0 Å². The molecule has 3 N–H and O–H groups in total. The van der Waals surface area contributed by atoms with Gasteiger partial charge in [0, 0.05) is 12.3 Å².